The Hall–Kier alpha value is -4.10. The molecule has 0 radical (unpaired) electrons. The van der Waals surface area contributed by atoms with Crippen LogP contribution in [0.4, 0.5) is 0 Å². The Morgan fingerprint density at radius 3 is 2.39 bits per heavy atom. The first-order chi connectivity index (χ1) is 18.3. The van der Waals surface area contributed by atoms with Crippen molar-refractivity contribution in [1.82, 2.24) is 9.80 Å². The van der Waals surface area contributed by atoms with Crippen molar-refractivity contribution in [3.8, 4) is 11.5 Å². The summed E-state index contributed by atoms with van der Waals surface area (Å²) in [5.74, 6) is -0.277. The Bertz CT molecular complexity index is 1330. The van der Waals surface area contributed by atoms with Crippen LogP contribution in [0, 0.1) is 6.92 Å². The number of hydrogen-bond acceptors (Lipinski definition) is 6. The van der Waals surface area contributed by atoms with Gasteiger partial charge in [-0.2, -0.15) is 0 Å². The number of benzene rings is 3. The van der Waals surface area contributed by atoms with Gasteiger partial charge in [-0.1, -0.05) is 42.0 Å². The Morgan fingerprint density at radius 2 is 1.71 bits per heavy atom. The van der Waals surface area contributed by atoms with Gasteiger partial charge in [0.15, 0.2) is 0 Å². The highest BCUT2D eigenvalue weighted by atomic mass is 16.5. The molecule has 0 aromatic heterocycles. The fourth-order valence-corrected chi connectivity index (χ4v) is 4.66. The number of aryl methyl sites for hydroxylation is 1. The first-order valence-electron chi connectivity index (χ1n) is 12.6. The predicted molar refractivity (Wildman–Crippen MR) is 147 cm³/mol. The number of likely N-dealkylation sites (tertiary alicyclic amines) is 1. The molecule has 7 heteroatoms. The maximum Gasteiger partial charge on any atom is 0.295 e. The summed E-state index contributed by atoms with van der Waals surface area (Å²) in [6, 6.07) is 21.5. The van der Waals surface area contributed by atoms with Crippen molar-refractivity contribution in [3.63, 3.8) is 0 Å². The van der Waals surface area contributed by atoms with Crippen LogP contribution in [0.25, 0.3) is 5.76 Å². The monoisotopic (exact) mass is 514 g/mol. The number of ether oxygens (including phenoxy) is 2. The van der Waals surface area contributed by atoms with Gasteiger partial charge >= 0.3 is 0 Å². The lowest BCUT2D eigenvalue weighted by Gasteiger charge is -2.26. The van der Waals surface area contributed by atoms with Crippen molar-refractivity contribution in [2.24, 2.45) is 0 Å². The van der Waals surface area contributed by atoms with E-state index < -0.39 is 17.7 Å². The zero-order valence-corrected chi connectivity index (χ0v) is 22.3. The van der Waals surface area contributed by atoms with E-state index in [1.54, 1.807) is 48.4 Å². The number of Topliss-reactive ketones (excluding diaryl/α,β-unsaturated/α-hetero) is 1. The van der Waals surface area contributed by atoms with Crippen molar-refractivity contribution < 1.29 is 24.2 Å². The first-order valence-corrected chi connectivity index (χ1v) is 12.6. The molecule has 0 saturated carbocycles. The van der Waals surface area contributed by atoms with Crippen LogP contribution in [0.2, 0.25) is 0 Å². The molecule has 1 saturated heterocycles. The molecule has 1 amide bonds. The second-order valence-electron chi connectivity index (χ2n) is 9.73. The number of carbonyl (C=O) groups is 2. The molecule has 7 nitrogen and oxygen atoms in total. The summed E-state index contributed by atoms with van der Waals surface area (Å²) in [5, 5.41) is 11.3. The van der Waals surface area contributed by atoms with Crippen LogP contribution in [0.3, 0.4) is 0 Å². The first kappa shape index (κ1) is 26.9. The summed E-state index contributed by atoms with van der Waals surface area (Å²) in [6.45, 7) is 3.59. The molecule has 1 unspecified atom stereocenters. The fourth-order valence-electron chi connectivity index (χ4n) is 4.66. The smallest absolute Gasteiger partial charge is 0.295 e. The molecule has 38 heavy (non-hydrogen) atoms. The largest absolute Gasteiger partial charge is 0.507 e. The third kappa shape index (κ3) is 6.06. The van der Waals surface area contributed by atoms with Crippen molar-refractivity contribution in [3.05, 3.63) is 101 Å². The molecule has 3 aromatic rings. The minimum Gasteiger partial charge on any atom is -0.507 e. The van der Waals surface area contributed by atoms with Crippen LogP contribution in [0.1, 0.15) is 34.7 Å². The summed E-state index contributed by atoms with van der Waals surface area (Å²) in [7, 11) is 5.49. The van der Waals surface area contributed by atoms with Gasteiger partial charge in [-0.05, 0) is 81.5 Å². The van der Waals surface area contributed by atoms with Crippen molar-refractivity contribution in [2.75, 3.05) is 34.3 Å². The van der Waals surface area contributed by atoms with Crippen LogP contribution >= 0.6 is 0 Å². The number of carbonyl (C=O) groups excluding carboxylic acids is 2. The molecule has 1 N–H and O–H groups in total. The van der Waals surface area contributed by atoms with Crippen LogP contribution in [-0.2, 0) is 16.2 Å². The van der Waals surface area contributed by atoms with E-state index in [1.165, 1.54) is 0 Å². The Morgan fingerprint density at radius 1 is 0.974 bits per heavy atom. The van der Waals surface area contributed by atoms with E-state index in [1.807, 2.05) is 56.3 Å². The lowest BCUT2D eigenvalue weighted by Crippen LogP contribution is -2.32. The zero-order chi connectivity index (χ0) is 27.2. The van der Waals surface area contributed by atoms with Gasteiger partial charge in [0, 0.05) is 12.1 Å². The summed E-state index contributed by atoms with van der Waals surface area (Å²) in [4.78, 5) is 29.9. The highest BCUT2D eigenvalue weighted by molar-refractivity contribution is 6.46. The van der Waals surface area contributed by atoms with Crippen molar-refractivity contribution >= 4 is 17.4 Å². The van der Waals surface area contributed by atoms with Crippen LogP contribution < -0.4 is 9.47 Å². The highest BCUT2D eigenvalue weighted by Crippen LogP contribution is 2.40. The molecule has 0 spiro atoms. The lowest BCUT2D eigenvalue weighted by molar-refractivity contribution is -0.139. The van der Waals surface area contributed by atoms with Gasteiger partial charge < -0.3 is 24.4 Å². The Labute approximate surface area is 223 Å². The quantitative estimate of drug-likeness (QED) is 0.234. The third-order valence-corrected chi connectivity index (χ3v) is 6.57. The molecule has 0 aliphatic carbocycles. The Balaban J connectivity index is 1.64. The van der Waals surface area contributed by atoms with E-state index in [9.17, 15) is 14.7 Å². The van der Waals surface area contributed by atoms with E-state index >= 15 is 0 Å². The molecule has 1 heterocycles. The molecule has 3 aromatic carbocycles. The van der Waals surface area contributed by atoms with E-state index in [0.717, 1.165) is 17.7 Å². The fraction of sp³-hybridized carbons (Fsp3) is 0.290. The number of methoxy groups -OCH3 is 1. The number of aliphatic hydroxyl groups is 1. The maximum atomic E-state index is 13.2. The Kier molecular flexibility index (Phi) is 8.48. The molecule has 0 bridgehead atoms. The van der Waals surface area contributed by atoms with E-state index in [-0.39, 0.29) is 11.3 Å². The SMILES string of the molecule is COc1cccc(C2/C(=C(/O)c3ccc(OCc4cccc(C)c4)cc3)C(=O)C(=O)N2CCCN(C)C)c1. The highest BCUT2D eigenvalue weighted by Gasteiger charge is 2.45. The van der Waals surface area contributed by atoms with Gasteiger partial charge in [0.25, 0.3) is 11.7 Å². The van der Waals surface area contributed by atoms with Gasteiger partial charge in [-0.3, -0.25) is 9.59 Å². The average Bonchev–Trinajstić information content (AvgIpc) is 3.17. The zero-order valence-electron chi connectivity index (χ0n) is 22.3. The van der Waals surface area contributed by atoms with Crippen LogP contribution in [0.15, 0.2) is 78.4 Å². The number of nitrogens with zero attached hydrogens (tertiary/aromatic N) is 2. The van der Waals surface area contributed by atoms with Crippen molar-refractivity contribution in [2.45, 2.75) is 26.0 Å². The van der Waals surface area contributed by atoms with Gasteiger partial charge in [0.05, 0.1) is 18.7 Å². The third-order valence-electron chi connectivity index (χ3n) is 6.57. The molecule has 1 aliphatic rings. The van der Waals surface area contributed by atoms with E-state index in [4.69, 9.17) is 9.47 Å². The molecular weight excluding hydrogens is 480 g/mol. The van der Waals surface area contributed by atoms with Gasteiger partial charge in [0.2, 0.25) is 0 Å². The van der Waals surface area contributed by atoms with Gasteiger partial charge in [0.1, 0.15) is 23.9 Å². The van der Waals surface area contributed by atoms with Crippen LogP contribution in [0.5, 0.6) is 11.5 Å². The molecule has 4 rings (SSSR count). The summed E-state index contributed by atoms with van der Waals surface area (Å²) in [6.07, 6.45) is 0.688. The summed E-state index contributed by atoms with van der Waals surface area (Å²) in [5.41, 5.74) is 3.43. The van der Waals surface area contributed by atoms with Crippen LogP contribution in [-0.4, -0.2) is 60.9 Å². The standard InChI is InChI=1S/C31H34N2O5/c1-21-8-5-9-22(18-21)20-38-25-14-12-23(13-15-25)29(34)27-28(24-10-6-11-26(19-24)37-4)33(31(36)30(27)35)17-7-16-32(2)3/h5-6,8-15,18-19,28,34H,7,16-17,20H2,1-4H3/b29-27-. The summed E-state index contributed by atoms with van der Waals surface area (Å²) < 4.78 is 11.3. The average molecular weight is 515 g/mol. The summed E-state index contributed by atoms with van der Waals surface area (Å²) >= 11 is 0. The number of hydrogen-bond donors (Lipinski definition) is 1. The predicted octanol–water partition coefficient (Wildman–Crippen LogP) is 4.96. The van der Waals surface area contributed by atoms with Gasteiger partial charge in [-0.25, -0.2) is 0 Å². The molecule has 1 atom stereocenters. The maximum absolute atomic E-state index is 13.2. The second-order valence-corrected chi connectivity index (χ2v) is 9.73. The number of rotatable bonds is 10. The number of aliphatic hydroxyl groups excluding tert-OH is 1. The lowest BCUT2D eigenvalue weighted by atomic mass is 9.95. The second kappa shape index (κ2) is 12.0. The van der Waals surface area contributed by atoms with Crippen molar-refractivity contribution in [1.29, 1.82) is 0 Å². The minimum atomic E-state index is -0.718. The number of ketones is 1. The molecule has 1 aliphatic heterocycles. The van der Waals surface area contributed by atoms with Gasteiger partial charge in [-0.15, -0.1) is 0 Å². The molecule has 1 fully saturated rings. The minimum absolute atomic E-state index is 0.0709. The number of amides is 1. The topological polar surface area (TPSA) is 79.3 Å². The van der Waals surface area contributed by atoms with E-state index in [0.29, 0.717) is 42.2 Å². The molecular formula is C31H34N2O5. The normalized spacial score (nSPS) is 16.8. The molecule has 198 valence electrons. The van der Waals surface area contributed by atoms with E-state index in [2.05, 4.69) is 6.07 Å².